The Balaban J connectivity index is 1.77. The summed E-state index contributed by atoms with van der Waals surface area (Å²) in [5.74, 6) is 0.500. The van der Waals surface area contributed by atoms with Crippen molar-refractivity contribution in [3.63, 3.8) is 0 Å². The quantitative estimate of drug-likeness (QED) is 0.578. The van der Waals surface area contributed by atoms with E-state index >= 15 is 0 Å². The van der Waals surface area contributed by atoms with Gasteiger partial charge in [0.2, 0.25) is 0 Å². The summed E-state index contributed by atoms with van der Waals surface area (Å²) < 4.78 is 0. The molecule has 2 atom stereocenters. The van der Waals surface area contributed by atoms with E-state index in [1.54, 1.807) is 0 Å². The zero-order valence-electron chi connectivity index (χ0n) is 11.5. The lowest BCUT2D eigenvalue weighted by Gasteiger charge is -2.60. The molecule has 3 aromatic rings. The molecular formula is C20H13N. The molecular weight excluding hydrogens is 254 g/mol. The van der Waals surface area contributed by atoms with E-state index in [0.29, 0.717) is 5.92 Å². The third-order valence-corrected chi connectivity index (χ3v) is 5.50. The molecule has 1 spiro atoms. The predicted octanol–water partition coefficient (Wildman–Crippen LogP) is 4.54. The normalized spacial score (nSPS) is 25.7. The molecule has 0 amide bonds. The van der Waals surface area contributed by atoms with Crippen molar-refractivity contribution in [3.05, 3.63) is 95.1 Å². The lowest BCUT2D eigenvalue weighted by atomic mass is 9.55. The fourth-order valence-electron chi connectivity index (χ4n) is 4.84. The van der Waals surface area contributed by atoms with Crippen molar-refractivity contribution in [1.82, 2.24) is 0 Å². The van der Waals surface area contributed by atoms with Gasteiger partial charge < -0.3 is 4.90 Å². The number of anilines is 2. The molecule has 1 aliphatic carbocycles. The maximum Gasteiger partial charge on any atom is 0.109 e. The Morgan fingerprint density at radius 2 is 1.24 bits per heavy atom. The van der Waals surface area contributed by atoms with Crippen LogP contribution in [-0.4, -0.2) is 0 Å². The molecule has 2 unspecified atom stereocenters. The SMILES string of the molecule is c1ccc2c(c1)C1c3ccccc3C13c1ccccc1N23. The Labute approximate surface area is 123 Å². The molecule has 3 aromatic carbocycles. The van der Waals surface area contributed by atoms with Crippen LogP contribution in [0.4, 0.5) is 11.4 Å². The first-order chi connectivity index (χ1) is 10.4. The molecule has 1 heteroatoms. The molecule has 3 aliphatic rings. The molecule has 0 N–H and O–H groups in total. The van der Waals surface area contributed by atoms with Gasteiger partial charge in [-0.15, -0.1) is 0 Å². The fraction of sp³-hybridized carbons (Fsp3) is 0.100. The first kappa shape index (κ1) is 10.2. The lowest BCUT2D eigenvalue weighted by molar-refractivity contribution is 0.392. The Kier molecular flexibility index (Phi) is 1.48. The number of benzene rings is 3. The van der Waals surface area contributed by atoms with Gasteiger partial charge in [0.25, 0.3) is 0 Å². The molecule has 21 heavy (non-hydrogen) atoms. The summed E-state index contributed by atoms with van der Waals surface area (Å²) >= 11 is 0. The Hall–Kier alpha value is -2.54. The van der Waals surface area contributed by atoms with Gasteiger partial charge in [0.05, 0.1) is 0 Å². The standard InChI is InChI=1S/C20H13N/c1-3-9-15-13(7-1)19-14-8-2-5-11-17(14)21-18-12-6-4-10-16(18)20(15,19)21/h1-12,19H. The van der Waals surface area contributed by atoms with Crippen LogP contribution in [0.2, 0.25) is 0 Å². The second kappa shape index (κ2) is 3.04. The minimum atomic E-state index is 0.0802. The molecule has 1 nitrogen and oxygen atoms in total. The van der Waals surface area contributed by atoms with Gasteiger partial charge in [-0.05, 0) is 28.8 Å². The van der Waals surface area contributed by atoms with Crippen molar-refractivity contribution in [2.24, 2.45) is 0 Å². The molecule has 0 aromatic heterocycles. The largest absolute Gasteiger partial charge is 0.325 e. The molecule has 0 fully saturated rings. The van der Waals surface area contributed by atoms with Crippen LogP contribution in [0.1, 0.15) is 28.2 Å². The van der Waals surface area contributed by atoms with E-state index in [4.69, 9.17) is 0 Å². The van der Waals surface area contributed by atoms with Crippen LogP contribution in [0.3, 0.4) is 0 Å². The molecule has 0 radical (unpaired) electrons. The van der Waals surface area contributed by atoms with E-state index in [0.717, 1.165) is 0 Å². The average molecular weight is 267 g/mol. The summed E-state index contributed by atoms with van der Waals surface area (Å²) in [7, 11) is 0. The van der Waals surface area contributed by atoms with Crippen molar-refractivity contribution < 1.29 is 0 Å². The topological polar surface area (TPSA) is 3.24 Å². The van der Waals surface area contributed by atoms with E-state index in [2.05, 4.69) is 77.7 Å². The van der Waals surface area contributed by atoms with Crippen molar-refractivity contribution in [1.29, 1.82) is 0 Å². The predicted molar refractivity (Wildman–Crippen MR) is 84.1 cm³/mol. The first-order valence-corrected chi connectivity index (χ1v) is 7.52. The molecule has 2 aliphatic heterocycles. The smallest absolute Gasteiger partial charge is 0.109 e. The Morgan fingerprint density at radius 1 is 0.619 bits per heavy atom. The van der Waals surface area contributed by atoms with E-state index in [1.165, 1.54) is 33.6 Å². The van der Waals surface area contributed by atoms with Gasteiger partial charge in [0.15, 0.2) is 0 Å². The van der Waals surface area contributed by atoms with E-state index in [1.807, 2.05) is 0 Å². The van der Waals surface area contributed by atoms with Crippen LogP contribution >= 0.6 is 0 Å². The van der Waals surface area contributed by atoms with Crippen LogP contribution in [-0.2, 0) is 5.54 Å². The summed E-state index contributed by atoms with van der Waals surface area (Å²) in [6.07, 6.45) is 0. The zero-order valence-corrected chi connectivity index (χ0v) is 11.5. The minimum Gasteiger partial charge on any atom is -0.325 e. The number of hydrogen-bond donors (Lipinski definition) is 0. The van der Waals surface area contributed by atoms with Crippen molar-refractivity contribution >= 4 is 11.4 Å². The van der Waals surface area contributed by atoms with Crippen LogP contribution in [0.15, 0.2) is 72.8 Å². The summed E-state index contributed by atoms with van der Waals surface area (Å²) in [4.78, 5) is 2.56. The number of nitrogens with zero attached hydrogens (tertiary/aromatic N) is 1. The van der Waals surface area contributed by atoms with Crippen LogP contribution in [0.25, 0.3) is 0 Å². The number of hydrogen-bond acceptors (Lipinski definition) is 1. The maximum atomic E-state index is 2.56. The van der Waals surface area contributed by atoms with Crippen LogP contribution < -0.4 is 4.90 Å². The van der Waals surface area contributed by atoms with Crippen molar-refractivity contribution in [3.8, 4) is 0 Å². The number of rotatable bonds is 0. The molecule has 0 bridgehead atoms. The van der Waals surface area contributed by atoms with Gasteiger partial charge in [-0.2, -0.15) is 0 Å². The molecule has 0 saturated heterocycles. The van der Waals surface area contributed by atoms with E-state index < -0.39 is 0 Å². The highest BCUT2D eigenvalue weighted by atomic mass is 15.3. The Bertz CT molecular complexity index is 836. The minimum absolute atomic E-state index is 0.0802. The van der Waals surface area contributed by atoms with Gasteiger partial charge >= 0.3 is 0 Å². The Morgan fingerprint density at radius 3 is 2.10 bits per heavy atom. The number of para-hydroxylation sites is 2. The highest BCUT2D eigenvalue weighted by Gasteiger charge is 2.68. The average Bonchev–Trinajstić information content (AvgIpc) is 2.73. The van der Waals surface area contributed by atoms with E-state index in [9.17, 15) is 0 Å². The van der Waals surface area contributed by atoms with Gasteiger partial charge in [0, 0.05) is 22.9 Å². The third kappa shape index (κ3) is 0.841. The zero-order chi connectivity index (χ0) is 13.6. The highest BCUT2D eigenvalue weighted by molar-refractivity contribution is 5.94. The lowest BCUT2D eigenvalue weighted by Crippen LogP contribution is -2.58. The van der Waals surface area contributed by atoms with Gasteiger partial charge in [-0.25, -0.2) is 0 Å². The number of fused-ring (bicyclic) bond motifs is 7. The van der Waals surface area contributed by atoms with Crippen molar-refractivity contribution in [2.75, 3.05) is 4.90 Å². The molecule has 98 valence electrons. The summed E-state index contributed by atoms with van der Waals surface area (Å²) in [6.45, 7) is 0. The maximum absolute atomic E-state index is 2.56. The summed E-state index contributed by atoms with van der Waals surface area (Å²) in [5, 5.41) is 0. The van der Waals surface area contributed by atoms with Crippen molar-refractivity contribution in [2.45, 2.75) is 11.5 Å². The molecule has 0 saturated carbocycles. The fourth-order valence-corrected chi connectivity index (χ4v) is 4.84. The second-order valence-electron chi connectivity index (χ2n) is 6.20. The third-order valence-electron chi connectivity index (χ3n) is 5.50. The van der Waals surface area contributed by atoms with Gasteiger partial charge in [-0.1, -0.05) is 60.7 Å². The first-order valence-electron chi connectivity index (χ1n) is 7.52. The molecule has 2 heterocycles. The highest BCUT2D eigenvalue weighted by Crippen LogP contribution is 2.74. The monoisotopic (exact) mass is 267 g/mol. The van der Waals surface area contributed by atoms with Gasteiger partial charge in [-0.3, -0.25) is 0 Å². The van der Waals surface area contributed by atoms with Gasteiger partial charge in [0.1, 0.15) is 5.54 Å². The summed E-state index contributed by atoms with van der Waals surface area (Å²) in [5.41, 5.74) is 8.81. The second-order valence-corrected chi connectivity index (χ2v) is 6.20. The van der Waals surface area contributed by atoms with Crippen LogP contribution in [0, 0.1) is 0 Å². The molecule has 6 rings (SSSR count). The summed E-state index contributed by atoms with van der Waals surface area (Å²) in [6, 6.07) is 26.7. The van der Waals surface area contributed by atoms with E-state index in [-0.39, 0.29) is 5.54 Å². The van der Waals surface area contributed by atoms with Crippen LogP contribution in [0.5, 0.6) is 0 Å².